The fourth-order valence-electron chi connectivity index (χ4n) is 2.22. The number of carbonyl (C=O) groups is 1. The molecule has 1 saturated heterocycles. The molecule has 1 aliphatic heterocycles. The number of hydrogen-bond donors (Lipinski definition) is 0. The molecule has 1 aliphatic rings. The highest BCUT2D eigenvalue weighted by Crippen LogP contribution is 2.68. The third-order valence-electron chi connectivity index (χ3n) is 3.73. The molecule has 0 N–H and O–H groups in total. The molecule has 2 atom stereocenters. The largest absolute Gasteiger partial charge is 0.453 e. The lowest BCUT2D eigenvalue weighted by molar-refractivity contribution is -0.0597. The molecular weight excluding hydrogens is 247 g/mol. The molecule has 0 aromatic heterocycles. The van der Waals surface area contributed by atoms with Crippen molar-refractivity contribution in [2.45, 2.75) is 58.9 Å². The zero-order valence-corrected chi connectivity index (χ0v) is 13.5. The van der Waals surface area contributed by atoms with E-state index in [1.54, 1.807) is 0 Å². The van der Waals surface area contributed by atoms with E-state index in [4.69, 9.17) is 9.47 Å². The highest BCUT2D eigenvalue weighted by atomic mass is 31.2. The lowest BCUT2D eigenvalue weighted by Gasteiger charge is -2.33. The maximum absolute atomic E-state index is 12.6. The van der Waals surface area contributed by atoms with Crippen LogP contribution in [0.5, 0.6) is 0 Å². The number of ether oxygens (including phenoxy) is 2. The molecule has 1 rings (SSSR count). The minimum Gasteiger partial charge on any atom is -0.406 e. The van der Waals surface area contributed by atoms with Crippen LogP contribution in [0.4, 0.5) is 4.79 Å². The summed E-state index contributed by atoms with van der Waals surface area (Å²) in [5, 5.41) is -0.00699. The molecule has 0 aliphatic carbocycles. The predicted octanol–water partition coefficient (Wildman–Crippen LogP) is 4.36. The van der Waals surface area contributed by atoms with Crippen LogP contribution >= 0.6 is 7.26 Å². The van der Waals surface area contributed by atoms with Crippen molar-refractivity contribution < 1.29 is 14.3 Å². The molecule has 2 unspecified atom stereocenters. The average molecular weight is 275 g/mol. The molecule has 0 aromatic carbocycles. The Kier molecular flexibility index (Phi) is 5.20. The Morgan fingerprint density at radius 2 is 2.06 bits per heavy atom. The molecule has 1 heterocycles. The van der Waals surface area contributed by atoms with Crippen LogP contribution in [0, 0.1) is 5.92 Å². The summed E-state index contributed by atoms with van der Waals surface area (Å²) >= 11 is 0. The van der Waals surface area contributed by atoms with Crippen molar-refractivity contribution in [1.29, 1.82) is 0 Å². The zero-order valence-electron chi connectivity index (χ0n) is 12.7. The fourth-order valence-corrected chi connectivity index (χ4v) is 5.28. The van der Waals surface area contributed by atoms with Gasteiger partial charge in [0.1, 0.15) is 7.26 Å². The second-order valence-electron chi connectivity index (χ2n) is 6.77. The normalized spacial score (nSPS) is 24.1. The molecule has 0 spiro atoms. The van der Waals surface area contributed by atoms with Crippen molar-refractivity contribution in [3.63, 3.8) is 0 Å². The van der Waals surface area contributed by atoms with Crippen molar-refractivity contribution >= 4 is 13.0 Å². The van der Waals surface area contributed by atoms with E-state index in [2.05, 4.69) is 41.3 Å². The van der Waals surface area contributed by atoms with Gasteiger partial charge in [-0.15, -0.1) is 0 Å². The van der Waals surface area contributed by atoms with Crippen LogP contribution < -0.4 is 0 Å². The van der Waals surface area contributed by atoms with Crippen LogP contribution in [-0.4, -0.2) is 36.6 Å². The quantitative estimate of drug-likeness (QED) is 0.715. The van der Waals surface area contributed by atoms with E-state index in [1.165, 1.54) is 0 Å². The first-order valence-corrected chi connectivity index (χ1v) is 9.27. The van der Waals surface area contributed by atoms with E-state index < -0.39 is 7.26 Å². The molecule has 0 aromatic rings. The molecule has 0 saturated carbocycles. The smallest absolute Gasteiger partial charge is 0.406 e. The number of hydrogen-bond acceptors (Lipinski definition) is 3. The third kappa shape index (κ3) is 3.68. The predicted molar refractivity (Wildman–Crippen MR) is 77.8 cm³/mol. The second kappa shape index (κ2) is 5.88. The molecule has 3 nitrogen and oxygen atoms in total. The van der Waals surface area contributed by atoms with Gasteiger partial charge in [-0.3, -0.25) is 0 Å². The Labute approximate surface area is 112 Å². The van der Waals surface area contributed by atoms with E-state index in [0.717, 1.165) is 19.0 Å². The van der Waals surface area contributed by atoms with E-state index in [9.17, 15) is 4.79 Å². The van der Waals surface area contributed by atoms with Crippen molar-refractivity contribution in [3.8, 4) is 0 Å². The Hall–Kier alpha value is -0.140. The molecule has 0 radical (unpaired) electrons. The molecular formula is C14H28O3P+. The Morgan fingerprint density at radius 3 is 2.44 bits per heavy atom. The summed E-state index contributed by atoms with van der Waals surface area (Å²) in [4.78, 5) is 12.6. The summed E-state index contributed by atoms with van der Waals surface area (Å²) in [5.41, 5.74) is -0.00407. The van der Waals surface area contributed by atoms with Gasteiger partial charge in [-0.25, -0.2) is 4.79 Å². The molecule has 18 heavy (non-hydrogen) atoms. The monoisotopic (exact) mass is 275 g/mol. The fraction of sp³-hybridized carbons (Fsp3) is 0.929. The lowest BCUT2D eigenvalue weighted by atomic mass is 10.2. The van der Waals surface area contributed by atoms with Crippen LogP contribution in [0.3, 0.4) is 0 Å². The van der Waals surface area contributed by atoms with Gasteiger partial charge in [0.2, 0.25) is 6.29 Å². The molecule has 106 valence electrons. The van der Waals surface area contributed by atoms with Crippen LogP contribution in [0.2, 0.25) is 0 Å². The first-order chi connectivity index (χ1) is 8.17. The highest BCUT2D eigenvalue weighted by molar-refractivity contribution is 7.91. The third-order valence-corrected chi connectivity index (χ3v) is 9.07. The van der Waals surface area contributed by atoms with Crippen LogP contribution in [0.25, 0.3) is 0 Å². The van der Waals surface area contributed by atoms with Gasteiger partial charge >= 0.3 is 5.71 Å². The minimum atomic E-state index is -1.79. The number of rotatable bonds is 4. The molecule has 1 fully saturated rings. The minimum absolute atomic E-state index is 0.00407. The van der Waals surface area contributed by atoms with Crippen molar-refractivity contribution in [2.75, 3.05) is 19.4 Å². The van der Waals surface area contributed by atoms with Crippen LogP contribution in [0.15, 0.2) is 0 Å². The Balaban J connectivity index is 2.78. The SMILES string of the molecule is CC(C)C[P+](C)(C(=O)OC1CCCO1)C(C)(C)C. The lowest BCUT2D eigenvalue weighted by Crippen LogP contribution is -2.31. The topological polar surface area (TPSA) is 35.5 Å². The van der Waals surface area contributed by atoms with Crippen molar-refractivity contribution in [1.82, 2.24) is 0 Å². The van der Waals surface area contributed by atoms with Crippen molar-refractivity contribution in [3.05, 3.63) is 0 Å². The Bertz CT molecular complexity index is 290. The van der Waals surface area contributed by atoms with Gasteiger partial charge in [0, 0.05) is 6.42 Å². The van der Waals surface area contributed by atoms with E-state index in [0.29, 0.717) is 12.5 Å². The van der Waals surface area contributed by atoms with Gasteiger partial charge in [-0.1, -0.05) is 13.8 Å². The van der Waals surface area contributed by atoms with E-state index in [-0.39, 0.29) is 17.2 Å². The summed E-state index contributed by atoms with van der Waals surface area (Å²) in [7, 11) is -1.79. The van der Waals surface area contributed by atoms with Gasteiger partial charge in [0.05, 0.1) is 24.6 Å². The highest BCUT2D eigenvalue weighted by Gasteiger charge is 2.54. The average Bonchev–Trinajstić information content (AvgIpc) is 2.67. The second-order valence-corrected chi connectivity index (χ2v) is 11.2. The van der Waals surface area contributed by atoms with Crippen LogP contribution in [0.1, 0.15) is 47.5 Å². The summed E-state index contributed by atoms with van der Waals surface area (Å²) < 4.78 is 11.0. The molecule has 0 amide bonds. The summed E-state index contributed by atoms with van der Waals surface area (Å²) in [5.74, 6) is 0.514. The maximum atomic E-state index is 12.6. The first-order valence-electron chi connectivity index (χ1n) is 6.85. The van der Waals surface area contributed by atoms with Crippen LogP contribution in [-0.2, 0) is 9.47 Å². The van der Waals surface area contributed by atoms with Crippen molar-refractivity contribution in [2.24, 2.45) is 5.92 Å². The van der Waals surface area contributed by atoms with Gasteiger partial charge in [-0.05, 0) is 33.1 Å². The summed E-state index contributed by atoms with van der Waals surface area (Å²) in [6.45, 7) is 13.6. The van der Waals surface area contributed by atoms with E-state index in [1.807, 2.05) is 0 Å². The number of carbonyl (C=O) groups excluding carboxylic acids is 1. The first kappa shape index (κ1) is 15.9. The van der Waals surface area contributed by atoms with Gasteiger partial charge in [0.25, 0.3) is 0 Å². The molecule has 4 heteroatoms. The van der Waals surface area contributed by atoms with Gasteiger partial charge in [-0.2, -0.15) is 0 Å². The standard InChI is InChI=1S/C14H28O3P/c1-11(2)10-18(6,14(3,4)5)13(15)17-12-8-7-9-16-12/h11-12H,7-10H2,1-6H3/q+1. The summed E-state index contributed by atoms with van der Waals surface area (Å²) in [6.07, 6.45) is 2.48. The maximum Gasteiger partial charge on any atom is 0.453 e. The zero-order chi connectivity index (χ0) is 14.0. The molecule has 0 bridgehead atoms. The van der Waals surface area contributed by atoms with E-state index >= 15 is 0 Å². The Morgan fingerprint density at radius 1 is 1.44 bits per heavy atom. The van der Waals surface area contributed by atoms with Gasteiger partial charge < -0.3 is 9.47 Å². The van der Waals surface area contributed by atoms with Gasteiger partial charge in [0.15, 0.2) is 0 Å². The summed E-state index contributed by atoms with van der Waals surface area (Å²) in [6, 6.07) is 0.